The van der Waals surface area contributed by atoms with Gasteiger partial charge in [-0.1, -0.05) is 60.7 Å². The van der Waals surface area contributed by atoms with Crippen molar-refractivity contribution in [3.05, 3.63) is 95.3 Å². The molecule has 2 aromatic carbocycles. The van der Waals surface area contributed by atoms with Crippen molar-refractivity contribution >= 4 is 5.91 Å². The van der Waals surface area contributed by atoms with Gasteiger partial charge in [0.05, 0.1) is 0 Å². The highest BCUT2D eigenvalue weighted by atomic mass is 16.2. The molecule has 0 saturated heterocycles. The molecule has 0 aliphatic carbocycles. The van der Waals surface area contributed by atoms with Crippen LogP contribution in [0.3, 0.4) is 0 Å². The number of nitrogens with zero attached hydrogens (tertiary/aromatic N) is 2. The fourth-order valence-electron chi connectivity index (χ4n) is 2.80. The fraction of sp³-hybridized carbons (Fsp3) is 0.190. The van der Waals surface area contributed by atoms with Crippen molar-refractivity contribution < 1.29 is 4.79 Å². The first-order valence-electron chi connectivity index (χ1n) is 8.14. The lowest BCUT2D eigenvalue weighted by Gasteiger charge is -2.23. The number of hydrogen-bond donors (Lipinski definition) is 0. The van der Waals surface area contributed by atoms with Crippen LogP contribution in [0.1, 0.15) is 27.3 Å². The molecule has 0 bridgehead atoms. The third-order valence-corrected chi connectivity index (χ3v) is 4.31. The van der Waals surface area contributed by atoms with E-state index in [1.807, 2.05) is 72.0 Å². The van der Waals surface area contributed by atoms with Crippen molar-refractivity contribution in [1.29, 1.82) is 0 Å². The number of amides is 1. The minimum absolute atomic E-state index is 0.0540. The van der Waals surface area contributed by atoms with E-state index < -0.39 is 0 Å². The topological polar surface area (TPSA) is 25.2 Å². The highest BCUT2D eigenvalue weighted by Crippen LogP contribution is 2.15. The Hall–Kier alpha value is -2.81. The van der Waals surface area contributed by atoms with E-state index >= 15 is 0 Å². The monoisotopic (exact) mass is 318 g/mol. The van der Waals surface area contributed by atoms with Crippen molar-refractivity contribution in [3.8, 4) is 0 Å². The molecule has 0 N–H and O–H groups in total. The second kappa shape index (κ2) is 7.18. The van der Waals surface area contributed by atoms with Crippen molar-refractivity contribution in [2.24, 2.45) is 7.05 Å². The molecule has 122 valence electrons. The van der Waals surface area contributed by atoms with E-state index in [-0.39, 0.29) is 5.91 Å². The van der Waals surface area contributed by atoms with Gasteiger partial charge in [0.15, 0.2) is 0 Å². The number of hydrogen-bond acceptors (Lipinski definition) is 1. The number of aromatic nitrogens is 1. The molecule has 0 radical (unpaired) electrons. The number of carbonyl (C=O) groups is 1. The van der Waals surface area contributed by atoms with Crippen molar-refractivity contribution in [2.75, 3.05) is 0 Å². The van der Waals surface area contributed by atoms with E-state index in [9.17, 15) is 4.79 Å². The molecule has 3 heteroatoms. The van der Waals surface area contributed by atoms with Crippen molar-refractivity contribution in [3.63, 3.8) is 0 Å². The summed E-state index contributed by atoms with van der Waals surface area (Å²) in [6.07, 6.45) is 0. The SMILES string of the molecule is Cc1ccc(C(=O)N(Cc2ccccc2)Cc2ccccc2)n1C. The van der Waals surface area contributed by atoms with Crippen LogP contribution in [0.25, 0.3) is 0 Å². The van der Waals surface area contributed by atoms with Gasteiger partial charge in [-0.3, -0.25) is 4.79 Å². The van der Waals surface area contributed by atoms with Gasteiger partial charge in [-0.05, 0) is 30.2 Å². The molecule has 0 unspecified atom stereocenters. The summed E-state index contributed by atoms with van der Waals surface area (Å²) < 4.78 is 1.95. The Kier molecular flexibility index (Phi) is 4.80. The zero-order chi connectivity index (χ0) is 16.9. The first kappa shape index (κ1) is 16.1. The predicted molar refractivity (Wildman–Crippen MR) is 96.6 cm³/mol. The zero-order valence-corrected chi connectivity index (χ0v) is 14.1. The Morgan fingerprint density at radius 2 is 1.33 bits per heavy atom. The lowest BCUT2D eigenvalue weighted by molar-refractivity contribution is 0.0720. The smallest absolute Gasteiger partial charge is 0.271 e. The fourth-order valence-corrected chi connectivity index (χ4v) is 2.80. The summed E-state index contributed by atoms with van der Waals surface area (Å²) in [6, 6.07) is 24.1. The summed E-state index contributed by atoms with van der Waals surface area (Å²) in [6.45, 7) is 3.20. The van der Waals surface area contributed by atoms with Crippen LogP contribution in [0, 0.1) is 6.92 Å². The van der Waals surface area contributed by atoms with E-state index in [0.29, 0.717) is 13.1 Å². The Bertz CT molecular complexity index is 765. The van der Waals surface area contributed by atoms with Crippen LogP contribution in [0.4, 0.5) is 0 Å². The van der Waals surface area contributed by atoms with Gasteiger partial charge in [-0.2, -0.15) is 0 Å². The lowest BCUT2D eigenvalue weighted by atomic mass is 10.1. The Morgan fingerprint density at radius 3 is 1.75 bits per heavy atom. The highest BCUT2D eigenvalue weighted by Gasteiger charge is 2.19. The molecule has 24 heavy (non-hydrogen) atoms. The Balaban J connectivity index is 1.89. The second-order valence-corrected chi connectivity index (χ2v) is 6.05. The highest BCUT2D eigenvalue weighted by molar-refractivity contribution is 5.92. The zero-order valence-electron chi connectivity index (χ0n) is 14.1. The number of aryl methyl sites for hydroxylation is 1. The van der Waals surface area contributed by atoms with Crippen LogP contribution >= 0.6 is 0 Å². The molecule has 1 aromatic heterocycles. The number of rotatable bonds is 5. The third kappa shape index (κ3) is 3.57. The summed E-state index contributed by atoms with van der Waals surface area (Å²) in [5.41, 5.74) is 4.07. The molecule has 0 aliphatic rings. The summed E-state index contributed by atoms with van der Waals surface area (Å²) >= 11 is 0. The maximum absolute atomic E-state index is 13.1. The lowest BCUT2D eigenvalue weighted by Crippen LogP contribution is -2.31. The molecular weight excluding hydrogens is 296 g/mol. The molecule has 0 spiro atoms. The van der Waals surface area contributed by atoms with Gasteiger partial charge >= 0.3 is 0 Å². The van der Waals surface area contributed by atoms with Crippen molar-refractivity contribution in [1.82, 2.24) is 9.47 Å². The summed E-state index contributed by atoms with van der Waals surface area (Å²) in [5.74, 6) is 0.0540. The molecule has 0 aliphatic heterocycles. The second-order valence-electron chi connectivity index (χ2n) is 6.05. The van der Waals surface area contributed by atoms with E-state index in [2.05, 4.69) is 24.3 Å². The van der Waals surface area contributed by atoms with Gasteiger partial charge in [0.1, 0.15) is 5.69 Å². The van der Waals surface area contributed by atoms with Gasteiger partial charge < -0.3 is 9.47 Å². The van der Waals surface area contributed by atoms with Gasteiger partial charge in [0.2, 0.25) is 0 Å². The first-order chi connectivity index (χ1) is 11.6. The first-order valence-corrected chi connectivity index (χ1v) is 8.14. The van der Waals surface area contributed by atoms with E-state index in [4.69, 9.17) is 0 Å². The quantitative estimate of drug-likeness (QED) is 0.693. The minimum Gasteiger partial charge on any atom is -0.344 e. The largest absolute Gasteiger partial charge is 0.344 e. The molecule has 1 heterocycles. The predicted octanol–water partition coefficient (Wildman–Crippen LogP) is 4.18. The average Bonchev–Trinajstić information content (AvgIpc) is 2.95. The van der Waals surface area contributed by atoms with E-state index in [1.165, 1.54) is 0 Å². The van der Waals surface area contributed by atoms with Crippen LogP contribution in [-0.2, 0) is 20.1 Å². The molecule has 3 rings (SSSR count). The summed E-state index contributed by atoms with van der Waals surface area (Å²) in [7, 11) is 1.94. The average molecular weight is 318 g/mol. The van der Waals surface area contributed by atoms with Crippen LogP contribution in [0.5, 0.6) is 0 Å². The third-order valence-electron chi connectivity index (χ3n) is 4.31. The van der Waals surface area contributed by atoms with Gasteiger partial charge in [-0.25, -0.2) is 0 Å². The molecule has 3 aromatic rings. The molecule has 1 amide bonds. The van der Waals surface area contributed by atoms with Gasteiger partial charge in [-0.15, -0.1) is 0 Å². The Morgan fingerprint density at radius 1 is 0.833 bits per heavy atom. The standard InChI is InChI=1S/C21H22N2O/c1-17-13-14-20(22(17)2)21(24)23(15-18-9-5-3-6-10-18)16-19-11-7-4-8-12-19/h3-14H,15-16H2,1-2H3. The van der Waals surface area contributed by atoms with Gasteiger partial charge in [0, 0.05) is 25.8 Å². The number of benzene rings is 2. The summed E-state index contributed by atoms with van der Waals surface area (Å²) in [4.78, 5) is 15.0. The molecule has 0 saturated carbocycles. The Labute approximate surface area is 143 Å². The van der Waals surface area contributed by atoms with Crippen LogP contribution in [0.2, 0.25) is 0 Å². The maximum atomic E-state index is 13.1. The van der Waals surface area contributed by atoms with Gasteiger partial charge in [0.25, 0.3) is 5.91 Å². The van der Waals surface area contributed by atoms with Crippen molar-refractivity contribution in [2.45, 2.75) is 20.0 Å². The normalized spacial score (nSPS) is 10.6. The van der Waals surface area contributed by atoms with Crippen LogP contribution < -0.4 is 0 Å². The molecule has 0 atom stereocenters. The summed E-state index contributed by atoms with van der Waals surface area (Å²) in [5, 5.41) is 0. The maximum Gasteiger partial charge on any atom is 0.271 e. The number of carbonyl (C=O) groups excluding carboxylic acids is 1. The minimum atomic E-state index is 0.0540. The van der Waals surface area contributed by atoms with E-state index in [0.717, 1.165) is 22.5 Å². The van der Waals surface area contributed by atoms with Crippen LogP contribution in [0.15, 0.2) is 72.8 Å². The van der Waals surface area contributed by atoms with Crippen LogP contribution in [-0.4, -0.2) is 15.4 Å². The molecular formula is C21H22N2O. The molecule has 0 fully saturated rings. The van der Waals surface area contributed by atoms with E-state index in [1.54, 1.807) is 0 Å². The molecule has 3 nitrogen and oxygen atoms in total.